The molecule has 1 aliphatic heterocycles. The molecule has 2 aromatic rings. The van der Waals surface area contributed by atoms with Crippen molar-refractivity contribution in [1.82, 2.24) is 10.4 Å². The van der Waals surface area contributed by atoms with Crippen LogP contribution < -0.4 is 10.7 Å². The van der Waals surface area contributed by atoms with Crippen LogP contribution in [0.1, 0.15) is 34.1 Å². The van der Waals surface area contributed by atoms with Crippen LogP contribution in [0, 0.1) is 16.0 Å². The normalized spacial score (nSPS) is 14.9. The lowest BCUT2D eigenvalue weighted by atomic mass is 10.1. The fourth-order valence-electron chi connectivity index (χ4n) is 3.16. The molecule has 0 spiro atoms. The number of carbonyl (C=O) groups excluding carboxylic acids is 5. The van der Waals surface area contributed by atoms with Gasteiger partial charge < -0.3 is 10.1 Å². The summed E-state index contributed by atoms with van der Waals surface area (Å²) in [6, 6.07) is 11.1. The number of esters is 1. The number of amides is 3. The van der Waals surface area contributed by atoms with E-state index < -0.39 is 41.1 Å². The van der Waals surface area contributed by atoms with Crippen LogP contribution in [0.2, 0.25) is 0 Å². The quantitative estimate of drug-likeness (QED) is 0.254. The lowest BCUT2D eigenvalue weighted by molar-refractivity contribution is -0.384. The molecule has 0 saturated carbocycles. The Morgan fingerprint density at radius 3 is 2.47 bits per heavy atom. The van der Waals surface area contributed by atoms with Gasteiger partial charge in [-0.25, -0.2) is 0 Å². The molecule has 1 aliphatic rings. The second-order valence-corrected chi connectivity index (χ2v) is 7.44. The minimum atomic E-state index is -0.890. The maximum atomic E-state index is 12.3. The number of hydrogen-bond acceptors (Lipinski definition) is 8. The molecule has 0 unspecified atom stereocenters. The average molecular weight is 468 g/mol. The molecular weight excluding hydrogens is 448 g/mol. The first-order valence-electron chi connectivity index (χ1n) is 10.1. The van der Waals surface area contributed by atoms with Crippen molar-refractivity contribution in [3.05, 3.63) is 69.8 Å². The number of benzene rings is 2. The molecule has 0 aromatic heterocycles. The molecule has 1 fully saturated rings. The Labute approximate surface area is 193 Å². The van der Waals surface area contributed by atoms with Gasteiger partial charge in [-0.3, -0.25) is 44.5 Å². The number of Topliss-reactive ketones (excluding diaryl/α,β-unsaturated/α-hetero) is 1. The van der Waals surface area contributed by atoms with Crippen molar-refractivity contribution in [2.24, 2.45) is 5.92 Å². The number of nitro groups is 1. The zero-order chi connectivity index (χ0) is 24.8. The van der Waals surface area contributed by atoms with Gasteiger partial charge in [-0.2, -0.15) is 0 Å². The molecule has 1 atom stereocenters. The van der Waals surface area contributed by atoms with Gasteiger partial charge in [0.2, 0.25) is 5.91 Å². The van der Waals surface area contributed by atoms with Gasteiger partial charge >= 0.3 is 5.97 Å². The summed E-state index contributed by atoms with van der Waals surface area (Å²) in [5, 5.41) is 14.2. The Morgan fingerprint density at radius 2 is 1.82 bits per heavy atom. The third-order valence-electron chi connectivity index (χ3n) is 4.93. The maximum absolute atomic E-state index is 12.3. The van der Waals surface area contributed by atoms with Gasteiger partial charge in [-0.15, -0.1) is 0 Å². The van der Waals surface area contributed by atoms with Crippen molar-refractivity contribution in [3.63, 3.8) is 0 Å². The first-order chi connectivity index (χ1) is 16.1. The van der Waals surface area contributed by atoms with Crippen LogP contribution in [0.3, 0.4) is 0 Å². The summed E-state index contributed by atoms with van der Waals surface area (Å²) >= 11 is 0. The third-order valence-corrected chi connectivity index (χ3v) is 4.93. The van der Waals surface area contributed by atoms with E-state index in [-0.39, 0.29) is 30.0 Å². The second kappa shape index (κ2) is 10.3. The van der Waals surface area contributed by atoms with Gasteiger partial charge in [0.1, 0.15) is 0 Å². The third kappa shape index (κ3) is 6.00. The average Bonchev–Trinajstić information content (AvgIpc) is 3.17. The van der Waals surface area contributed by atoms with Gasteiger partial charge in [-0.05, 0) is 31.2 Å². The Balaban J connectivity index is 1.49. The molecule has 2 aromatic carbocycles. The molecule has 2 N–H and O–H groups in total. The minimum absolute atomic E-state index is 0.0925. The molecule has 0 bridgehead atoms. The lowest BCUT2D eigenvalue weighted by Gasteiger charge is -2.17. The Morgan fingerprint density at radius 1 is 1.12 bits per heavy atom. The van der Waals surface area contributed by atoms with Crippen LogP contribution >= 0.6 is 0 Å². The van der Waals surface area contributed by atoms with Gasteiger partial charge in [0.05, 0.1) is 17.4 Å². The summed E-state index contributed by atoms with van der Waals surface area (Å²) in [6.07, 6.45) is -0.221. The predicted molar refractivity (Wildman–Crippen MR) is 116 cm³/mol. The molecule has 3 rings (SSSR count). The minimum Gasteiger partial charge on any atom is -0.455 e. The summed E-state index contributed by atoms with van der Waals surface area (Å²) < 4.78 is 4.99. The second-order valence-electron chi connectivity index (χ2n) is 7.44. The van der Waals surface area contributed by atoms with Crippen molar-refractivity contribution < 1.29 is 33.6 Å². The topological polar surface area (TPSA) is 165 Å². The van der Waals surface area contributed by atoms with E-state index in [0.717, 1.165) is 17.1 Å². The van der Waals surface area contributed by atoms with Crippen molar-refractivity contribution in [3.8, 4) is 0 Å². The molecular formula is C22H20N4O8. The number of nitrogens with zero attached hydrogens (tertiary/aromatic N) is 2. The number of nitro benzene ring substituents is 1. The molecule has 12 heteroatoms. The smallest absolute Gasteiger partial charge is 0.311 e. The number of anilines is 1. The van der Waals surface area contributed by atoms with Crippen LogP contribution in [0.5, 0.6) is 0 Å². The molecule has 34 heavy (non-hydrogen) atoms. The molecule has 1 saturated heterocycles. The summed E-state index contributed by atoms with van der Waals surface area (Å²) in [5.41, 5.74) is 3.03. The number of carbonyl (C=O) groups is 5. The number of nitrogens with one attached hydrogen (secondary N) is 2. The molecule has 0 radical (unpaired) electrons. The van der Waals surface area contributed by atoms with Crippen LogP contribution in [0.4, 0.5) is 11.4 Å². The lowest BCUT2D eigenvalue weighted by Crippen LogP contribution is -2.43. The number of hydrogen-bond donors (Lipinski definition) is 2. The maximum Gasteiger partial charge on any atom is 0.311 e. The van der Waals surface area contributed by atoms with Crippen LogP contribution in [-0.4, -0.2) is 52.6 Å². The Hall–Kier alpha value is -4.61. The molecule has 1 heterocycles. The summed E-state index contributed by atoms with van der Waals surface area (Å²) in [5.74, 6) is -3.67. The van der Waals surface area contributed by atoms with Gasteiger partial charge in [-0.1, -0.05) is 12.1 Å². The first-order valence-corrected chi connectivity index (χ1v) is 10.1. The highest BCUT2D eigenvalue weighted by molar-refractivity contribution is 5.98. The molecule has 0 aliphatic carbocycles. The number of ether oxygens (including phenoxy) is 1. The van der Waals surface area contributed by atoms with E-state index in [2.05, 4.69) is 10.7 Å². The summed E-state index contributed by atoms with van der Waals surface area (Å²) in [7, 11) is 0. The van der Waals surface area contributed by atoms with E-state index in [1.165, 1.54) is 25.1 Å². The van der Waals surface area contributed by atoms with Crippen LogP contribution in [-0.2, 0) is 19.1 Å². The highest BCUT2D eigenvalue weighted by atomic mass is 16.6. The number of rotatable bonds is 8. The van der Waals surface area contributed by atoms with Crippen molar-refractivity contribution in [1.29, 1.82) is 0 Å². The Kier molecular flexibility index (Phi) is 7.31. The van der Waals surface area contributed by atoms with Crippen LogP contribution in [0.25, 0.3) is 0 Å². The fraction of sp³-hybridized carbons (Fsp3) is 0.227. The van der Waals surface area contributed by atoms with Gasteiger partial charge in [0, 0.05) is 35.4 Å². The highest BCUT2D eigenvalue weighted by Crippen LogP contribution is 2.19. The van der Waals surface area contributed by atoms with Gasteiger partial charge in [0.15, 0.2) is 12.4 Å². The SMILES string of the molecule is CC(=O)c1cccc(NC(=O)COC(=O)[C@@H]2CC(=O)N(NC(=O)c3ccc([N+](=O)[O-])cc3)C2)c1. The monoisotopic (exact) mass is 468 g/mol. The van der Waals surface area contributed by atoms with E-state index in [0.29, 0.717) is 11.3 Å². The molecule has 12 nitrogen and oxygen atoms in total. The summed E-state index contributed by atoms with van der Waals surface area (Å²) in [6.45, 7) is 0.644. The number of hydrazine groups is 1. The largest absolute Gasteiger partial charge is 0.455 e. The predicted octanol–water partition coefficient (Wildman–Crippen LogP) is 1.47. The standard InChI is InChI=1S/C22H20N4O8/c1-13(27)15-3-2-4-17(9-15)23-19(28)12-34-22(31)16-10-20(29)25(11-16)24-21(30)14-5-7-18(8-6-14)26(32)33/h2-9,16H,10-12H2,1H3,(H,23,28)(H,24,30)/t16-/m1/s1. The molecule has 3 amide bonds. The molecule has 176 valence electrons. The van der Waals surface area contributed by atoms with E-state index in [4.69, 9.17) is 4.74 Å². The van der Waals surface area contributed by atoms with E-state index in [1.807, 2.05) is 0 Å². The van der Waals surface area contributed by atoms with E-state index >= 15 is 0 Å². The van der Waals surface area contributed by atoms with E-state index in [9.17, 15) is 34.1 Å². The Bertz CT molecular complexity index is 1160. The number of ketones is 1. The van der Waals surface area contributed by atoms with Crippen molar-refractivity contribution in [2.45, 2.75) is 13.3 Å². The summed E-state index contributed by atoms with van der Waals surface area (Å²) in [4.78, 5) is 70.3. The van der Waals surface area contributed by atoms with Crippen LogP contribution in [0.15, 0.2) is 48.5 Å². The van der Waals surface area contributed by atoms with Crippen molar-refractivity contribution in [2.75, 3.05) is 18.5 Å². The first kappa shape index (κ1) is 24.0. The zero-order valence-electron chi connectivity index (χ0n) is 18.0. The van der Waals surface area contributed by atoms with Gasteiger partial charge in [0.25, 0.3) is 17.5 Å². The fourth-order valence-corrected chi connectivity index (χ4v) is 3.16. The zero-order valence-corrected chi connectivity index (χ0v) is 18.0. The van der Waals surface area contributed by atoms with Crippen molar-refractivity contribution >= 4 is 40.8 Å². The highest BCUT2D eigenvalue weighted by Gasteiger charge is 2.36. The number of non-ortho nitro benzene ring substituents is 1. The van der Waals surface area contributed by atoms with E-state index in [1.54, 1.807) is 18.2 Å².